The van der Waals surface area contributed by atoms with Gasteiger partial charge < -0.3 is 9.52 Å². The molecule has 2 rings (SSSR count). The van der Waals surface area contributed by atoms with Gasteiger partial charge in [0.1, 0.15) is 4.90 Å². The minimum absolute atomic E-state index is 0.0319. The smallest absolute Gasteiger partial charge is 0.371 e. The second-order valence-corrected chi connectivity index (χ2v) is 8.90. The third kappa shape index (κ3) is 3.17. The largest absolute Gasteiger partial charge is 0.475 e. The molecule has 0 spiro atoms. The van der Waals surface area contributed by atoms with Crippen LogP contribution in [0, 0.1) is 11.3 Å². The van der Waals surface area contributed by atoms with Crippen LogP contribution in [0.25, 0.3) is 0 Å². The molecule has 1 fully saturated rings. The summed E-state index contributed by atoms with van der Waals surface area (Å²) in [5, 5.41) is 8.88. The second kappa shape index (κ2) is 5.40. The van der Waals surface area contributed by atoms with E-state index in [2.05, 4.69) is 36.7 Å². The highest BCUT2D eigenvalue weighted by Gasteiger charge is 2.39. The molecular weight excluding hydrogens is 362 g/mol. The van der Waals surface area contributed by atoms with E-state index in [-0.39, 0.29) is 20.9 Å². The number of hydrogen-bond acceptors (Lipinski definition) is 4. The molecule has 0 radical (unpaired) electrons. The molecule has 2 heterocycles. The summed E-state index contributed by atoms with van der Waals surface area (Å²) in [6, 6.07) is 1.05. The molecule has 0 aliphatic carbocycles. The van der Waals surface area contributed by atoms with Gasteiger partial charge in [-0.1, -0.05) is 20.8 Å². The van der Waals surface area contributed by atoms with Crippen LogP contribution in [-0.4, -0.2) is 36.9 Å². The Labute approximate surface area is 132 Å². The Balaban J connectivity index is 2.30. The second-order valence-electron chi connectivity index (χ2n) is 6.27. The number of furan rings is 1. The number of aromatic carboxylic acids is 1. The Hall–Kier alpha value is -0.860. The van der Waals surface area contributed by atoms with Gasteiger partial charge in [-0.05, 0) is 33.7 Å². The number of nitrogens with zero attached hydrogens (tertiary/aromatic N) is 1. The van der Waals surface area contributed by atoms with Crippen molar-refractivity contribution in [2.45, 2.75) is 32.1 Å². The number of carboxylic acid groups (broad SMARTS) is 1. The Morgan fingerprint density at radius 1 is 1.48 bits per heavy atom. The van der Waals surface area contributed by atoms with Crippen molar-refractivity contribution < 1.29 is 22.7 Å². The van der Waals surface area contributed by atoms with Crippen molar-refractivity contribution in [3.63, 3.8) is 0 Å². The fourth-order valence-corrected chi connectivity index (χ4v) is 4.83. The van der Waals surface area contributed by atoms with Crippen molar-refractivity contribution in [3.05, 3.63) is 16.5 Å². The summed E-state index contributed by atoms with van der Waals surface area (Å²) in [7, 11) is -3.75. The maximum Gasteiger partial charge on any atom is 0.371 e. The average molecular weight is 380 g/mol. The van der Waals surface area contributed by atoms with Crippen LogP contribution in [0.2, 0.25) is 0 Å². The molecule has 6 nitrogen and oxygen atoms in total. The summed E-state index contributed by atoms with van der Waals surface area (Å²) in [5.74, 6) is -1.42. The highest BCUT2D eigenvalue weighted by Crippen LogP contribution is 2.37. The topological polar surface area (TPSA) is 87.8 Å². The lowest BCUT2D eigenvalue weighted by Crippen LogP contribution is -2.31. The van der Waals surface area contributed by atoms with E-state index in [0.717, 1.165) is 12.5 Å². The lowest BCUT2D eigenvalue weighted by molar-refractivity contribution is 0.0661. The Kier molecular flexibility index (Phi) is 4.25. The SMILES string of the molecule is CC(C)(C)C1CCN(S(=O)(=O)c2cc(C(=O)O)oc2Br)C1. The fourth-order valence-electron chi connectivity index (χ4n) is 2.43. The molecule has 1 N–H and O–H groups in total. The van der Waals surface area contributed by atoms with Gasteiger partial charge in [-0.15, -0.1) is 0 Å². The van der Waals surface area contributed by atoms with E-state index in [1.54, 1.807) is 0 Å². The molecule has 1 unspecified atom stereocenters. The molecule has 1 aliphatic heterocycles. The molecule has 21 heavy (non-hydrogen) atoms. The first-order valence-electron chi connectivity index (χ1n) is 6.56. The molecule has 8 heteroatoms. The van der Waals surface area contributed by atoms with Crippen molar-refractivity contribution in [2.75, 3.05) is 13.1 Å². The quantitative estimate of drug-likeness (QED) is 0.871. The van der Waals surface area contributed by atoms with Gasteiger partial charge >= 0.3 is 5.97 Å². The van der Waals surface area contributed by atoms with Gasteiger partial charge in [0.15, 0.2) is 4.67 Å². The Morgan fingerprint density at radius 3 is 2.52 bits per heavy atom. The van der Waals surface area contributed by atoms with Crippen LogP contribution in [0.5, 0.6) is 0 Å². The third-order valence-corrected chi connectivity index (χ3v) is 6.58. The normalized spacial score (nSPS) is 20.9. The summed E-state index contributed by atoms with van der Waals surface area (Å²) in [4.78, 5) is 10.7. The molecule has 0 bridgehead atoms. The zero-order chi connectivity index (χ0) is 16.0. The summed E-state index contributed by atoms with van der Waals surface area (Å²) in [5.41, 5.74) is 0.0319. The van der Waals surface area contributed by atoms with Gasteiger partial charge in [-0.2, -0.15) is 4.31 Å². The van der Waals surface area contributed by atoms with Crippen LogP contribution >= 0.6 is 15.9 Å². The van der Waals surface area contributed by atoms with E-state index in [4.69, 9.17) is 9.52 Å². The number of carbonyl (C=O) groups is 1. The van der Waals surface area contributed by atoms with Gasteiger partial charge in [0.2, 0.25) is 15.8 Å². The highest BCUT2D eigenvalue weighted by molar-refractivity contribution is 9.10. The predicted molar refractivity (Wildman–Crippen MR) is 79.7 cm³/mol. The van der Waals surface area contributed by atoms with Crippen LogP contribution in [0.15, 0.2) is 20.0 Å². The molecule has 0 aromatic carbocycles. The predicted octanol–water partition coefficient (Wildman–Crippen LogP) is 2.80. The molecule has 1 saturated heterocycles. The van der Waals surface area contributed by atoms with Gasteiger partial charge in [-0.3, -0.25) is 0 Å². The molecule has 1 aromatic rings. The van der Waals surface area contributed by atoms with E-state index in [1.807, 2.05) is 0 Å². The standard InChI is InChI=1S/C13H18BrNO5S/c1-13(2,3)8-4-5-15(7-8)21(18,19)10-6-9(12(16)17)20-11(10)14/h6,8H,4-5,7H2,1-3H3,(H,16,17). The molecule has 1 aromatic heterocycles. The van der Waals surface area contributed by atoms with Crippen LogP contribution in [0.3, 0.4) is 0 Å². The van der Waals surface area contributed by atoms with Gasteiger partial charge in [0.05, 0.1) is 0 Å². The number of halogens is 1. The first kappa shape index (κ1) is 16.5. The van der Waals surface area contributed by atoms with Crippen LogP contribution in [0.1, 0.15) is 37.7 Å². The number of hydrogen-bond donors (Lipinski definition) is 1. The van der Waals surface area contributed by atoms with Crippen molar-refractivity contribution in [3.8, 4) is 0 Å². The van der Waals surface area contributed by atoms with Crippen LogP contribution < -0.4 is 0 Å². The van der Waals surface area contributed by atoms with E-state index in [1.165, 1.54) is 4.31 Å². The Bertz CT molecular complexity index is 659. The number of carboxylic acids is 1. The molecule has 0 amide bonds. The third-order valence-electron chi connectivity index (χ3n) is 3.86. The zero-order valence-electron chi connectivity index (χ0n) is 12.1. The van der Waals surface area contributed by atoms with Gasteiger partial charge in [-0.25, -0.2) is 13.2 Å². The minimum Gasteiger partial charge on any atom is -0.475 e. The maximum atomic E-state index is 12.6. The fraction of sp³-hybridized carbons (Fsp3) is 0.615. The van der Waals surface area contributed by atoms with Crippen molar-refractivity contribution in [1.29, 1.82) is 0 Å². The first-order chi connectivity index (χ1) is 9.53. The van der Waals surface area contributed by atoms with Crippen molar-refractivity contribution in [1.82, 2.24) is 4.31 Å². The Morgan fingerprint density at radius 2 is 2.10 bits per heavy atom. The molecule has 1 atom stereocenters. The number of rotatable bonds is 3. The lowest BCUT2D eigenvalue weighted by Gasteiger charge is -2.26. The van der Waals surface area contributed by atoms with Gasteiger partial charge in [0, 0.05) is 19.2 Å². The monoisotopic (exact) mass is 379 g/mol. The molecule has 0 saturated carbocycles. The van der Waals surface area contributed by atoms with Crippen LogP contribution in [-0.2, 0) is 10.0 Å². The molecule has 118 valence electrons. The maximum absolute atomic E-state index is 12.6. The average Bonchev–Trinajstić information content (AvgIpc) is 2.93. The van der Waals surface area contributed by atoms with E-state index < -0.39 is 21.8 Å². The number of sulfonamides is 1. The molecule has 1 aliphatic rings. The molecular formula is C13H18BrNO5S. The van der Waals surface area contributed by atoms with Crippen molar-refractivity contribution >= 4 is 31.9 Å². The summed E-state index contributed by atoms with van der Waals surface area (Å²) in [6.45, 7) is 7.13. The van der Waals surface area contributed by atoms with Crippen molar-refractivity contribution in [2.24, 2.45) is 11.3 Å². The lowest BCUT2D eigenvalue weighted by atomic mass is 9.80. The van der Waals surface area contributed by atoms with Gasteiger partial charge in [0.25, 0.3) is 0 Å². The van der Waals surface area contributed by atoms with Crippen LogP contribution in [0.4, 0.5) is 0 Å². The highest BCUT2D eigenvalue weighted by atomic mass is 79.9. The summed E-state index contributed by atoms with van der Waals surface area (Å²) >= 11 is 2.99. The first-order valence-corrected chi connectivity index (χ1v) is 8.79. The van der Waals surface area contributed by atoms with E-state index in [9.17, 15) is 13.2 Å². The summed E-state index contributed by atoms with van der Waals surface area (Å²) in [6.07, 6.45) is 0.796. The van der Waals surface area contributed by atoms with E-state index >= 15 is 0 Å². The zero-order valence-corrected chi connectivity index (χ0v) is 14.5. The minimum atomic E-state index is -3.75. The summed E-state index contributed by atoms with van der Waals surface area (Å²) < 4.78 is 31.5. The van der Waals surface area contributed by atoms with E-state index in [0.29, 0.717) is 13.1 Å².